The summed E-state index contributed by atoms with van der Waals surface area (Å²) in [6, 6.07) is 0. The Labute approximate surface area is 54.6 Å². The van der Waals surface area contributed by atoms with E-state index in [0.717, 1.165) is 11.8 Å². The monoisotopic (exact) mass is 134 g/mol. The predicted octanol–water partition coefficient (Wildman–Crippen LogP) is 2.33. The van der Waals surface area contributed by atoms with Gasteiger partial charge < -0.3 is 11.6 Å². The van der Waals surface area contributed by atoms with Gasteiger partial charge in [0.15, 0.2) is 0 Å². The maximum atomic E-state index is 6.62. The molecule has 0 aliphatic carbocycles. The Bertz CT molecular complexity index is 103. The van der Waals surface area contributed by atoms with Crippen molar-refractivity contribution in [2.45, 2.75) is 13.8 Å². The third kappa shape index (κ3) is 3.84. The fraction of sp³-hybridized carbons (Fsp3) is 0.400. The molecule has 0 heterocycles. The van der Waals surface area contributed by atoms with E-state index < -0.39 is 0 Å². The average molecular weight is 135 g/mol. The molecule has 2 nitrogen and oxygen atoms in total. The van der Waals surface area contributed by atoms with Gasteiger partial charge in [-0.25, -0.2) is 0 Å². The molecule has 0 amide bonds. The molecule has 0 aliphatic rings. The van der Waals surface area contributed by atoms with Gasteiger partial charge in [-0.05, 0) is 13.8 Å². The van der Waals surface area contributed by atoms with Crippen LogP contribution < -0.4 is 6.15 Å². The average Bonchev–Trinajstić information content (AvgIpc) is 1.65. The molecule has 0 bridgehead atoms. The van der Waals surface area contributed by atoms with Crippen molar-refractivity contribution < 1.29 is 0 Å². The van der Waals surface area contributed by atoms with Crippen LogP contribution in [0.5, 0.6) is 0 Å². The van der Waals surface area contributed by atoms with E-state index in [9.17, 15) is 0 Å². The van der Waals surface area contributed by atoms with Crippen molar-refractivity contribution in [3.05, 3.63) is 10.6 Å². The first-order valence-corrected chi connectivity index (χ1v) is 2.39. The van der Waals surface area contributed by atoms with Crippen molar-refractivity contribution in [2.24, 2.45) is 0 Å². The van der Waals surface area contributed by atoms with Gasteiger partial charge in [-0.15, -0.1) is 0 Å². The molecular weight excluding hydrogens is 124 g/mol. The maximum absolute atomic E-state index is 6.62. The Balaban J connectivity index is 0. The van der Waals surface area contributed by atoms with Crippen LogP contribution in [0.25, 0.3) is 0 Å². The molecule has 0 saturated heterocycles. The Kier molecular flexibility index (Phi) is 6.38. The van der Waals surface area contributed by atoms with Crippen LogP contribution in [-0.2, 0) is 0 Å². The standard InChI is InChI=1S/C5H8ClN.H3N/c1-4(2)5(6)3-7;/h3,7H,1-2H3;1H3. The molecule has 4 N–H and O–H groups in total. The molecule has 0 radical (unpaired) electrons. The molecule has 0 aliphatic heterocycles. The molecule has 0 saturated carbocycles. The van der Waals surface area contributed by atoms with Crippen LogP contribution in [0.1, 0.15) is 13.8 Å². The van der Waals surface area contributed by atoms with Crippen molar-refractivity contribution >= 4 is 17.8 Å². The van der Waals surface area contributed by atoms with Gasteiger partial charge in [0, 0.05) is 6.21 Å². The molecule has 0 atom stereocenters. The highest BCUT2D eigenvalue weighted by molar-refractivity contribution is 6.39. The second-order valence-electron chi connectivity index (χ2n) is 1.49. The molecule has 48 valence electrons. The topological polar surface area (TPSA) is 58.9 Å². The highest BCUT2D eigenvalue weighted by atomic mass is 35.5. The SMILES string of the molecule is CC(C)=C(Cl)C=N.N. The van der Waals surface area contributed by atoms with Gasteiger partial charge in [0.05, 0.1) is 5.03 Å². The molecule has 0 aromatic heterocycles. The van der Waals surface area contributed by atoms with Gasteiger partial charge in [-0.1, -0.05) is 17.2 Å². The fourth-order valence-corrected chi connectivity index (χ4v) is 0.144. The van der Waals surface area contributed by atoms with Gasteiger partial charge in [0.25, 0.3) is 0 Å². The first kappa shape index (κ1) is 10.6. The number of hydrogen-bond acceptors (Lipinski definition) is 2. The lowest BCUT2D eigenvalue weighted by molar-refractivity contribution is 1.39. The van der Waals surface area contributed by atoms with E-state index in [-0.39, 0.29) is 6.15 Å². The largest absolute Gasteiger partial charge is 0.344 e. The Hall–Kier alpha value is -0.340. The fourth-order valence-electron chi connectivity index (χ4n) is 0.144. The van der Waals surface area contributed by atoms with Gasteiger partial charge in [-0.2, -0.15) is 0 Å². The summed E-state index contributed by atoms with van der Waals surface area (Å²) in [5, 5.41) is 7.15. The number of hydrogen-bond donors (Lipinski definition) is 2. The smallest absolute Gasteiger partial charge is 0.0568 e. The van der Waals surface area contributed by atoms with Crippen LogP contribution in [0.15, 0.2) is 10.6 Å². The summed E-state index contributed by atoms with van der Waals surface area (Å²) in [5.74, 6) is 0. The van der Waals surface area contributed by atoms with Crippen molar-refractivity contribution in [1.82, 2.24) is 6.15 Å². The van der Waals surface area contributed by atoms with Crippen LogP contribution in [0.3, 0.4) is 0 Å². The van der Waals surface area contributed by atoms with E-state index in [0.29, 0.717) is 5.03 Å². The molecular formula is C5H11ClN2. The van der Waals surface area contributed by atoms with Crippen molar-refractivity contribution in [3.8, 4) is 0 Å². The number of halogens is 1. The minimum Gasteiger partial charge on any atom is -0.344 e. The molecule has 0 unspecified atom stereocenters. The van der Waals surface area contributed by atoms with Gasteiger partial charge in [-0.3, -0.25) is 0 Å². The third-order valence-electron chi connectivity index (χ3n) is 0.604. The highest BCUT2D eigenvalue weighted by Gasteiger charge is 1.83. The Morgan fingerprint density at radius 2 is 1.88 bits per heavy atom. The van der Waals surface area contributed by atoms with Crippen LogP contribution in [0, 0.1) is 5.41 Å². The van der Waals surface area contributed by atoms with Crippen LogP contribution in [0.4, 0.5) is 0 Å². The van der Waals surface area contributed by atoms with Crippen LogP contribution in [-0.4, -0.2) is 6.21 Å². The summed E-state index contributed by atoms with van der Waals surface area (Å²) in [6.07, 6.45) is 1.14. The number of nitrogens with one attached hydrogen (secondary N) is 1. The van der Waals surface area contributed by atoms with Gasteiger partial charge in [0.1, 0.15) is 0 Å². The normalized spacial score (nSPS) is 6.88. The van der Waals surface area contributed by atoms with Crippen molar-refractivity contribution in [1.29, 1.82) is 5.41 Å². The quantitative estimate of drug-likeness (QED) is 0.532. The number of allylic oxidation sites excluding steroid dienone is 2. The summed E-state index contributed by atoms with van der Waals surface area (Å²) >= 11 is 5.44. The lowest BCUT2D eigenvalue weighted by atomic mass is 10.3. The second-order valence-corrected chi connectivity index (χ2v) is 1.90. The van der Waals surface area contributed by atoms with Crippen LogP contribution >= 0.6 is 11.6 Å². The molecule has 3 heteroatoms. The van der Waals surface area contributed by atoms with Crippen LogP contribution in [0.2, 0.25) is 0 Å². The minimum atomic E-state index is 0. The summed E-state index contributed by atoms with van der Waals surface area (Å²) in [6.45, 7) is 3.74. The summed E-state index contributed by atoms with van der Waals surface area (Å²) in [7, 11) is 0. The Morgan fingerprint density at radius 3 is 1.88 bits per heavy atom. The minimum absolute atomic E-state index is 0. The van der Waals surface area contributed by atoms with E-state index in [2.05, 4.69) is 0 Å². The van der Waals surface area contributed by atoms with Crippen molar-refractivity contribution in [3.63, 3.8) is 0 Å². The zero-order valence-corrected chi connectivity index (χ0v) is 5.92. The first-order chi connectivity index (χ1) is 3.18. The second kappa shape index (κ2) is 4.81. The van der Waals surface area contributed by atoms with Crippen molar-refractivity contribution in [2.75, 3.05) is 0 Å². The maximum Gasteiger partial charge on any atom is 0.0568 e. The van der Waals surface area contributed by atoms with Gasteiger partial charge in [0.2, 0.25) is 0 Å². The molecule has 0 aromatic rings. The highest BCUT2D eigenvalue weighted by Crippen LogP contribution is 2.02. The predicted molar refractivity (Wildman–Crippen MR) is 38.0 cm³/mol. The van der Waals surface area contributed by atoms with E-state index in [1.165, 1.54) is 0 Å². The van der Waals surface area contributed by atoms with E-state index in [4.69, 9.17) is 17.0 Å². The van der Waals surface area contributed by atoms with E-state index in [1.807, 2.05) is 13.8 Å². The van der Waals surface area contributed by atoms with Gasteiger partial charge >= 0.3 is 0 Å². The summed E-state index contributed by atoms with van der Waals surface area (Å²) < 4.78 is 0. The zero-order chi connectivity index (χ0) is 5.86. The Morgan fingerprint density at radius 1 is 1.50 bits per heavy atom. The molecule has 8 heavy (non-hydrogen) atoms. The molecule has 0 fully saturated rings. The number of rotatable bonds is 1. The third-order valence-corrected chi connectivity index (χ3v) is 1.09. The zero-order valence-electron chi connectivity index (χ0n) is 5.16. The molecule has 0 spiro atoms. The first-order valence-electron chi connectivity index (χ1n) is 2.02. The lowest BCUT2D eigenvalue weighted by Crippen LogP contribution is -1.73. The summed E-state index contributed by atoms with van der Waals surface area (Å²) in [5.41, 5.74) is 0.983. The lowest BCUT2D eigenvalue weighted by Gasteiger charge is -1.86. The molecule has 0 rings (SSSR count). The summed E-state index contributed by atoms with van der Waals surface area (Å²) in [4.78, 5) is 0. The van der Waals surface area contributed by atoms with E-state index in [1.54, 1.807) is 0 Å². The molecule has 0 aromatic carbocycles. The van der Waals surface area contributed by atoms with E-state index >= 15 is 0 Å².